The molecule has 12 heavy (non-hydrogen) atoms. The SMILES string of the molecule is COCCCCC(=O)CCCBr. The zero-order chi connectivity index (χ0) is 9.23. The molecule has 0 aliphatic heterocycles. The van der Waals surface area contributed by atoms with Crippen molar-refractivity contribution in [1.29, 1.82) is 0 Å². The predicted octanol–water partition coefficient (Wildman–Crippen LogP) is 2.55. The first-order chi connectivity index (χ1) is 5.81. The summed E-state index contributed by atoms with van der Waals surface area (Å²) >= 11 is 3.30. The van der Waals surface area contributed by atoms with Gasteiger partial charge in [0.05, 0.1) is 0 Å². The average molecular weight is 237 g/mol. The van der Waals surface area contributed by atoms with Crippen LogP contribution in [0.4, 0.5) is 0 Å². The van der Waals surface area contributed by atoms with E-state index in [9.17, 15) is 4.79 Å². The molecule has 0 N–H and O–H groups in total. The third-order valence-corrected chi connectivity index (χ3v) is 2.20. The number of hydrogen-bond donors (Lipinski definition) is 0. The first-order valence-electron chi connectivity index (χ1n) is 4.38. The summed E-state index contributed by atoms with van der Waals surface area (Å²) in [5, 5.41) is 0.927. The molecule has 0 amide bonds. The molecule has 0 aliphatic carbocycles. The Morgan fingerprint density at radius 3 is 2.50 bits per heavy atom. The third-order valence-electron chi connectivity index (χ3n) is 1.64. The number of ether oxygens (including phenoxy) is 1. The quantitative estimate of drug-likeness (QED) is 0.479. The Balaban J connectivity index is 3.08. The molecule has 0 spiro atoms. The molecule has 2 nitrogen and oxygen atoms in total. The Labute approximate surface area is 82.8 Å². The van der Waals surface area contributed by atoms with Gasteiger partial charge in [0.15, 0.2) is 0 Å². The predicted molar refractivity (Wildman–Crippen MR) is 53.8 cm³/mol. The van der Waals surface area contributed by atoms with E-state index >= 15 is 0 Å². The Morgan fingerprint density at radius 2 is 1.92 bits per heavy atom. The molecule has 0 radical (unpaired) electrons. The molecule has 0 aromatic rings. The molecule has 0 fully saturated rings. The highest BCUT2D eigenvalue weighted by Crippen LogP contribution is 2.02. The van der Waals surface area contributed by atoms with Crippen LogP contribution >= 0.6 is 15.9 Å². The van der Waals surface area contributed by atoms with E-state index in [-0.39, 0.29) is 0 Å². The molecule has 3 heteroatoms. The van der Waals surface area contributed by atoms with Crippen molar-refractivity contribution in [3.05, 3.63) is 0 Å². The topological polar surface area (TPSA) is 26.3 Å². The molecule has 0 saturated carbocycles. The Kier molecular flexibility index (Phi) is 9.28. The van der Waals surface area contributed by atoms with Crippen LogP contribution in [0.25, 0.3) is 0 Å². The van der Waals surface area contributed by atoms with Crippen LogP contribution in [0.15, 0.2) is 0 Å². The van der Waals surface area contributed by atoms with Gasteiger partial charge in [-0.15, -0.1) is 0 Å². The van der Waals surface area contributed by atoms with E-state index in [2.05, 4.69) is 15.9 Å². The molecule has 72 valence electrons. The van der Waals surface area contributed by atoms with E-state index in [0.29, 0.717) is 5.78 Å². The summed E-state index contributed by atoms with van der Waals surface area (Å²) in [5.74, 6) is 0.380. The van der Waals surface area contributed by atoms with Crippen LogP contribution in [0.3, 0.4) is 0 Å². The fourth-order valence-corrected chi connectivity index (χ4v) is 1.24. The summed E-state index contributed by atoms with van der Waals surface area (Å²) in [6, 6.07) is 0. The molecule has 0 rings (SSSR count). The second-order valence-corrected chi connectivity index (χ2v) is 3.57. The lowest BCUT2D eigenvalue weighted by atomic mass is 10.1. The summed E-state index contributed by atoms with van der Waals surface area (Å²) in [7, 11) is 1.69. The molecule has 0 unspecified atom stereocenters. The summed E-state index contributed by atoms with van der Waals surface area (Å²) in [6.07, 6.45) is 4.36. The molecule has 0 aromatic carbocycles. The highest BCUT2D eigenvalue weighted by atomic mass is 79.9. The van der Waals surface area contributed by atoms with Gasteiger partial charge >= 0.3 is 0 Å². The summed E-state index contributed by atoms with van der Waals surface area (Å²) in [4.78, 5) is 11.1. The average Bonchev–Trinajstić information content (AvgIpc) is 2.09. The number of ketones is 1. The molecule has 0 atom stereocenters. The van der Waals surface area contributed by atoms with Gasteiger partial charge in [0, 0.05) is 31.9 Å². The number of halogens is 1. The zero-order valence-electron chi connectivity index (χ0n) is 7.64. The van der Waals surface area contributed by atoms with Gasteiger partial charge in [0.1, 0.15) is 5.78 Å². The summed E-state index contributed by atoms with van der Waals surface area (Å²) < 4.78 is 4.89. The van der Waals surface area contributed by atoms with Crippen molar-refractivity contribution in [3.8, 4) is 0 Å². The largest absolute Gasteiger partial charge is 0.385 e. The molecular weight excluding hydrogens is 220 g/mol. The number of methoxy groups -OCH3 is 1. The van der Waals surface area contributed by atoms with E-state index in [1.165, 1.54) is 0 Å². The van der Waals surface area contributed by atoms with Crippen LogP contribution in [0.2, 0.25) is 0 Å². The first-order valence-corrected chi connectivity index (χ1v) is 5.50. The van der Waals surface area contributed by atoms with E-state index < -0.39 is 0 Å². The van der Waals surface area contributed by atoms with Crippen molar-refractivity contribution < 1.29 is 9.53 Å². The number of unbranched alkanes of at least 4 members (excludes halogenated alkanes) is 1. The maximum absolute atomic E-state index is 11.1. The highest BCUT2D eigenvalue weighted by Gasteiger charge is 2.00. The minimum absolute atomic E-state index is 0.380. The standard InChI is InChI=1S/C9H17BrO2/c1-12-8-3-2-5-9(11)6-4-7-10/h2-8H2,1H3. The van der Waals surface area contributed by atoms with E-state index in [1.807, 2.05) is 0 Å². The minimum Gasteiger partial charge on any atom is -0.385 e. The van der Waals surface area contributed by atoms with Crippen LogP contribution < -0.4 is 0 Å². The van der Waals surface area contributed by atoms with Crippen molar-refractivity contribution in [2.75, 3.05) is 19.0 Å². The number of Topliss-reactive ketones (excluding diaryl/α,β-unsaturated/α-hetero) is 1. The maximum Gasteiger partial charge on any atom is 0.132 e. The number of rotatable bonds is 8. The van der Waals surface area contributed by atoms with Gasteiger partial charge in [-0.1, -0.05) is 15.9 Å². The minimum atomic E-state index is 0.380. The maximum atomic E-state index is 11.1. The van der Waals surface area contributed by atoms with Gasteiger partial charge in [0.2, 0.25) is 0 Å². The highest BCUT2D eigenvalue weighted by molar-refractivity contribution is 9.09. The third kappa shape index (κ3) is 8.21. The van der Waals surface area contributed by atoms with Crippen molar-refractivity contribution >= 4 is 21.7 Å². The first kappa shape index (κ1) is 12.1. The van der Waals surface area contributed by atoms with Gasteiger partial charge in [-0.2, -0.15) is 0 Å². The second kappa shape index (κ2) is 9.20. The van der Waals surface area contributed by atoms with Crippen molar-refractivity contribution in [3.63, 3.8) is 0 Å². The van der Waals surface area contributed by atoms with Crippen LogP contribution in [-0.4, -0.2) is 24.8 Å². The van der Waals surface area contributed by atoms with Crippen LogP contribution in [-0.2, 0) is 9.53 Å². The molecule has 0 bridgehead atoms. The van der Waals surface area contributed by atoms with Gasteiger partial charge in [-0.3, -0.25) is 4.79 Å². The van der Waals surface area contributed by atoms with Crippen LogP contribution in [0.5, 0.6) is 0 Å². The normalized spacial score (nSPS) is 10.2. The van der Waals surface area contributed by atoms with Gasteiger partial charge in [0.25, 0.3) is 0 Å². The summed E-state index contributed by atoms with van der Waals surface area (Å²) in [6.45, 7) is 0.770. The smallest absolute Gasteiger partial charge is 0.132 e. The van der Waals surface area contributed by atoms with E-state index in [0.717, 1.165) is 44.0 Å². The fourth-order valence-electron chi connectivity index (χ4n) is 0.958. The van der Waals surface area contributed by atoms with Crippen molar-refractivity contribution in [2.24, 2.45) is 0 Å². The Morgan fingerprint density at radius 1 is 1.25 bits per heavy atom. The van der Waals surface area contributed by atoms with Crippen molar-refractivity contribution in [1.82, 2.24) is 0 Å². The van der Waals surface area contributed by atoms with E-state index in [4.69, 9.17) is 4.74 Å². The summed E-state index contributed by atoms with van der Waals surface area (Å²) in [5.41, 5.74) is 0. The van der Waals surface area contributed by atoms with Gasteiger partial charge in [-0.05, 0) is 19.3 Å². The lowest BCUT2D eigenvalue weighted by molar-refractivity contribution is -0.119. The van der Waals surface area contributed by atoms with Crippen LogP contribution in [0.1, 0.15) is 32.1 Å². The molecule has 0 aliphatic rings. The van der Waals surface area contributed by atoms with Gasteiger partial charge in [-0.25, -0.2) is 0 Å². The second-order valence-electron chi connectivity index (χ2n) is 2.78. The van der Waals surface area contributed by atoms with E-state index in [1.54, 1.807) is 7.11 Å². The Bertz CT molecular complexity index is 115. The van der Waals surface area contributed by atoms with Crippen molar-refractivity contribution in [2.45, 2.75) is 32.1 Å². The monoisotopic (exact) mass is 236 g/mol. The number of carbonyl (C=O) groups excluding carboxylic acids is 1. The molecular formula is C9H17BrO2. The Hall–Kier alpha value is 0.110. The molecule has 0 aromatic heterocycles. The zero-order valence-corrected chi connectivity index (χ0v) is 9.23. The molecule has 0 saturated heterocycles. The van der Waals surface area contributed by atoms with Crippen LogP contribution in [0, 0.1) is 0 Å². The number of alkyl halides is 1. The molecule has 0 heterocycles. The number of carbonyl (C=O) groups is 1. The number of hydrogen-bond acceptors (Lipinski definition) is 2. The van der Waals surface area contributed by atoms with Gasteiger partial charge < -0.3 is 4.74 Å². The lowest BCUT2D eigenvalue weighted by Crippen LogP contribution is -1.99. The lowest BCUT2D eigenvalue weighted by Gasteiger charge is -1.99. The fraction of sp³-hybridized carbons (Fsp3) is 0.889.